The standard InChI is InChI=1S/C20H30N6OS/c1-15-5-6-16(2)26(15)20-23-22-19(28-20)25-12-7-17(8-13-25)18(27)21-9-14-24-10-3-4-11-24/h5-6,17H,3-4,7-14H2,1-2H3,(H,21,27). The van der Waals surface area contributed by atoms with Gasteiger partial charge in [-0.3, -0.25) is 9.36 Å². The van der Waals surface area contributed by atoms with Crippen LogP contribution < -0.4 is 10.2 Å². The van der Waals surface area contributed by atoms with E-state index in [-0.39, 0.29) is 11.8 Å². The zero-order valence-corrected chi connectivity index (χ0v) is 17.7. The molecule has 0 radical (unpaired) electrons. The smallest absolute Gasteiger partial charge is 0.223 e. The molecule has 0 atom stereocenters. The van der Waals surface area contributed by atoms with Gasteiger partial charge in [-0.05, 0) is 64.8 Å². The van der Waals surface area contributed by atoms with Crippen molar-refractivity contribution in [1.82, 2.24) is 25.0 Å². The Morgan fingerprint density at radius 1 is 1.07 bits per heavy atom. The van der Waals surface area contributed by atoms with Crippen LogP contribution in [0.25, 0.3) is 5.13 Å². The van der Waals surface area contributed by atoms with Gasteiger partial charge in [0.2, 0.25) is 16.2 Å². The lowest BCUT2D eigenvalue weighted by Gasteiger charge is -2.30. The maximum atomic E-state index is 12.5. The monoisotopic (exact) mass is 402 g/mol. The van der Waals surface area contributed by atoms with Crippen LogP contribution >= 0.6 is 11.3 Å². The van der Waals surface area contributed by atoms with Crippen molar-refractivity contribution in [3.63, 3.8) is 0 Å². The Morgan fingerprint density at radius 3 is 2.39 bits per heavy atom. The van der Waals surface area contributed by atoms with Crippen molar-refractivity contribution in [3.8, 4) is 5.13 Å². The van der Waals surface area contributed by atoms with Crippen LogP contribution in [0, 0.1) is 19.8 Å². The molecule has 2 saturated heterocycles. The Bertz CT molecular complexity index is 782. The van der Waals surface area contributed by atoms with Gasteiger partial charge in [0.05, 0.1) is 0 Å². The third kappa shape index (κ3) is 4.22. The molecule has 0 unspecified atom stereocenters. The van der Waals surface area contributed by atoms with Crippen molar-refractivity contribution in [2.45, 2.75) is 39.5 Å². The fourth-order valence-electron chi connectivity index (χ4n) is 4.22. The lowest BCUT2D eigenvalue weighted by Crippen LogP contribution is -2.42. The number of aromatic nitrogens is 3. The molecule has 7 nitrogen and oxygen atoms in total. The van der Waals surface area contributed by atoms with Gasteiger partial charge < -0.3 is 15.1 Å². The molecule has 0 bridgehead atoms. The van der Waals surface area contributed by atoms with E-state index < -0.39 is 0 Å². The number of hydrogen-bond acceptors (Lipinski definition) is 6. The first kappa shape index (κ1) is 19.4. The summed E-state index contributed by atoms with van der Waals surface area (Å²) in [5, 5.41) is 13.8. The molecule has 2 aliphatic rings. The third-order valence-electron chi connectivity index (χ3n) is 5.93. The number of amides is 1. The molecule has 0 spiro atoms. The lowest BCUT2D eigenvalue weighted by molar-refractivity contribution is -0.125. The van der Waals surface area contributed by atoms with Gasteiger partial charge >= 0.3 is 0 Å². The molecule has 2 aromatic heterocycles. The van der Waals surface area contributed by atoms with Gasteiger partial charge in [-0.1, -0.05) is 11.3 Å². The van der Waals surface area contributed by atoms with Crippen LogP contribution in [-0.4, -0.2) is 64.8 Å². The summed E-state index contributed by atoms with van der Waals surface area (Å²) in [6, 6.07) is 4.20. The van der Waals surface area contributed by atoms with Gasteiger partial charge in [-0.15, -0.1) is 10.2 Å². The number of carbonyl (C=O) groups excluding carboxylic acids is 1. The molecule has 2 aliphatic heterocycles. The van der Waals surface area contributed by atoms with Crippen molar-refractivity contribution in [1.29, 1.82) is 0 Å². The average Bonchev–Trinajstić information content (AvgIpc) is 3.44. The third-order valence-corrected chi connectivity index (χ3v) is 6.90. The first-order chi connectivity index (χ1) is 13.6. The molecule has 8 heteroatoms. The SMILES string of the molecule is Cc1ccc(C)n1-c1nnc(N2CCC(C(=O)NCCN3CCCC3)CC2)s1. The fourth-order valence-corrected chi connectivity index (χ4v) is 5.23. The van der Waals surface area contributed by atoms with E-state index in [1.165, 1.54) is 37.3 Å². The number of likely N-dealkylation sites (tertiary alicyclic amines) is 1. The summed E-state index contributed by atoms with van der Waals surface area (Å²) in [7, 11) is 0. The lowest BCUT2D eigenvalue weighted by atomic mass is 9.96. The van der Waals surface area contributed by atoms with Crippen LogP contribution in [0.15, 0.2) is 12.1 Å². The molecule has 0 aliphatic carbocycles. The number of anilines is 1. The largest absolute Gasteiger partial charge is 0.355 e. The second kappa shape index (κ2) is 8.61. The van der Waals surface area contributed by atoms with Crippen molar-refractivity contribution in [3.05, 3.63) is 23.5 Å². The zero-order chi connectivity index (χ0) is 19.5. The van der Waals surface area contributed by atoms with Crippen LogP contribution in [0.1, 0.15) is 37.1 Å². The predicted molar refractivity (Wildman–Crippen MR) is 112 cm³/mol. The Morgan fingerprint density at radius 2 is 1.71 bits per heavy atom. The molecule has 1 N–H and O–H groups in total. The zero-order valence-electron chi connectivity index (χ0n) is 16.9. The van der Waals surface area contributed by atoms with Crippen molar-refractivity contribution in [2.75, 3.05) is 44.2 Å². The normalized spacial score (nSPS) is 18.7. The molecule has 1 amide bonds. The fraction of sp³-hybridized carbons (Fsp3) is 0.650. The minimum Gasteiger partial charge on any atom is -0.355 e. The van der Waals surface area contributed by atoms with Gasteiger partial charge in [0, 0.05) is 43.5 Å². The minimum absolute atomic E-state index is 0.121. The maximum Gasteiger partial charge on any atom is 0.223 e. The highest BCUT2D eigenvalue weighted by Gasteiger charge is 2.27. The van der Waals surface area contributed by atoms with Gasteiger partial charge in [0.25, 0.3) is 0 Å². The summed E-state index contributed by atoms with van der Waals surface area (Å²) in [6.45, 7) is 10.0. The van der Waals surface area contributed by atoms with E-state index in [4.69, 9.17) is 0 Å². The first-order valence-corrected chi connectivity index (χ1v) is 11.2. The highest BCUT2D eigenvalue weighted by molar-refractivity contribution is 7.17. The molecular weight excluding hydrogens is 372 g/mol. The molecule has 4 rings (SSSR count). The van der Waals surface area contributed by atoms with E-state index in [0.717, 1.165) is 49.3 Å². The summed E-state index contributed by atoms with van der Waals surface area (Å²) in [5.74, 6) is 0.339. The number of piperidine rings is 1. The number of nitrogens with one attached hydrogen (secondary N) is 1. The number of carbonyl (C=O) groups is 1. The second-order valence-electron chi connectivity index (χ2n) is 7.92. The molecule has 4 heterocycles. The number of hydrogen-bond donors (Lipinski definition) is 1. The molecule has 2 fully saturated rings. The molecule has 152 valence electrons. The van der Waals surface area contributed by atoms with Gasteiger partial charge in [-0.2, -0.15) is 0 Å². The van der Waals surface area contributed by atoms with Crippen LogP contribution in [0.5, 0.6) is 0 Å². The van der Waals surface area contributed by atoms with Crippen LogP contribution in [0.4, 0.5) is 5.13 Å². The summed E-state index contributed by atoms with van der Waals surface area (Å²) in [5.41, 5.74) is 2.34. The molecule has 0 saturated carbocycles. The summed E-state index contributed by atoms with van der Waals surface area (Å²) >= 11 is 1.62. The topological polar surface area (TPSA) is 66.3 Å². The van der Waals surface area contributed by atoms with Crippen molar-refractivity contribution >= 4 is 22.4 Å². The summed E-state index contributed by atoms with van der Waals surface area (Å²) < 4.78 is 2.14. The Labute approximate surface area is 170 Å². The quantitative estimate of drug-likeness (QED) is 0.804. The highest BCUT2D eigenvalue weighted by atomic mass is 32.1. The van der Waals surface area contributed by atoms with Crippen LogP contribution in [0.2, 0.25) is 0 Å². The number of nitrogens with zero attached hydrogens (tertiary/aromatic N) is 5. The van der Waals surface area contributed by atoms with E-state index in [1.54, 1.807) is 11.3 Å². The predicted octanol–water partition coefficient (Wildman–Crippen LogP) is 2.37. The average molecular weight is 403 g/mol. The Hall–Kier alpha value is -1.93. The highest BCUT2D eigenvalue weighted by Crippen LogP contribution is 2.29. The number of aryl methyl sites for hydroxylation is 2. The minimum atomic E-state index is 0.121. The van der Waals surface area contributed by atoms with E-state index in [2.05, 4.69) is 55.9 Å². The van der Waals surface area contributed by atoms with E-state index in [0.29, 0.717) is 0 Å². The summed E-state index contributed by atoms with van der Waals surface area (Å²) in [6.07, 6.45) is 4.35. The number of rotatable bonds is 6. The molecular formula is C20H30N6OS. The van der Waals surface area contributed by atoms with E-state index in [1.807, 2.05) is 0 Å². The molecule has 28 heavy (non-hydrogen) atoms. The van der Waals surface area contributed by atoms with E-state index in [9.17, 15) is 4.79 Å². The van der Waals surface area contributed by atoms with Gasteiger partial charge in [-0.25, -0.2) is 0 Å². The molecule has 0 aromatic carbocycles. The second-order valence-corrected chi connectivity index (χ2v) is 8.85. The molecule has 2 aromatic rings. The van der Waals surface area contributed by atoms with Crippen molar-refractivity contribution < 1.29 is 4.79 Å². The van der Waals surface area contributed by atoms with E-state index >= 15 is 0 Å². The van der Waals surface area contributed by atoms with Crippen molar-refractivity contribution in [2.24, 2.45) is 5.92 Å². The van der Waals surface area contributed by atoms with Gasteiger partial charge in [0.15, 0.2) is 0 Å². The van der Waals surface area contributed by atoms with Gasteiger partial charge in [0.1, 0.15) is 0 Å². The maximum absolute atomic E-state index is 12.5. The van der Waals surface area contributed by atoms with Crippen LogP contribution in [0.3, 0.4) is 0 Å². The first-order valence-electron chi connectivity index (χ1n) is 10.4. The Balaban J connectivity index is 1.26. The Kier molecular flexibility index (Phi) is 5.96. The van der Waals surface area contributed by atoms with Crippen LogP contribution in [-0.2, 0) is 4.79 Å². The summed E-state index contributed by atoms with van der Waals surface area (Å²) in [4.78, 5) is 17.2.